The summed E-state index contributed by atoms with van der Waals surface area (Å²) in [7, 11) is 1.51. The number of carbonyl (C=O) groups excluding carboxylic acids is 1. The molecule has 2 aliphatic rings. The van der Waals surface area contributed by atoms with Crippen LogP contribution in [0, 0.1) is 20.8 Å². The van der Waals surface area contributed by atoms with E-state index in [4.69, 9.17) is 26.7 Å². The summed E-state index contributed by atoms with van der Waals surface area (Å²) in [4.78, 5) is 21.5. The molecule has 2 aromatic carbocycles. The molecule has 0 bridgehead atoms. The second kappa shape index (κ2) is 12.8. The maximum Gasteiger partial charge on any atom is 0.250 e. The van der Waals surface area contributed by atoms with Gasteiger partial charge in [0.05, 0.1) is 31.0 Å². The summed E-state index contributed by atoms with van der Waals surface area (Å²) in [6, 6.07) is 22.7. The van der Waals surface area contributed by atoms with Gasteiger partial charge in [0.15, 0.2) is 5.11 Å². The summed E-state index contributed by atoms with van der Waals surface area (Å²) in [5, 5.41) is 7.13. The Labute approximate surface area is 263 Å². The molecule has 2 saturated heterocycles. The minimum atomic E-state index is -0.194. The number of thiocarbonyl (C=S) groups is 1. The van der Waals surface area contributed by atoms with Gasteiger partial charge in [0.2, 0.25) is 5.91 Å². The summed E-state index contributed by atoms with van der Waals surface area (Å²) in [5.74, 6) is -0.194. The van der Waals surface area contributed by atoms with Gasteiger partial charge in [0, 0.05) is 60.5 Å². The Morgan fingerprint density at radius 2 is 1.75 bits per heavy atom. The van der Waals surface area contributed by atoms with Crippen molar-refractivity contribution in [1.29, 1.82) is 0 Å². The van der Waals surface area contributed by atoms with Gasteiger partial charge in [-0.1, -0.05) is 6.07 Å². The van der Waals surface area contributed by atoms with E-state index in [1.165, 1.54) is 12.8 Å². The predicted molar refractivity (Wildman–Crippen MR) is 178 cm³/mol. The number of hydrogen-bond acceptors (Lipinski definition) is 6. The lowest BCUT2D eigenvalue weighted by atomic mass is 9.96. The van der Waals surface area contributed by atoms with Crippen LogP contribution in [0.4, 0.5) is 17.1 Å². The van der Waals surface area contributed by atoms with Gasteiger partial charge in [-0.15, -0.1) is 0 Å². The third kappa shape index (κ3) is 5.80. The lowest BCUT2D eigenvalue weighted by Gasteiger charge is -2.29. The van der Waals surface area contributed by atoms with Gasteiger partial charge in [-0.3, -0.25) is 9.78 Å². The lowest BCUT2D eigenvalue weighted by molar-refractivity contribution is -0.119. The molecule has 2 aromatic heterocycles. The van der Waals surface area contributed by atoms with E-state index in [1.54, 1.807) is 0 Å². The molecule has 6 rings (SSSR count). The topological polar surface area (TPSA) is 83.9 Å². The first kappa shape index (κ1) is 29.8. The second-order valence-electron chi connectivity index (χ2n) is 11.3. The van der Waals surface area contributed by atoms with E-state index in [0.29, 0.717) is 5.11 Å². The van der Waals surface area contributed by atoms with Gasteiger partial charge in [-0.25, -0.2) is 0 Å². The lowest BCUT2D eigenvalue weighted by Crippen LogP contribution is -2.36. The molecule has 2 N–H and O–H groups in total. The molecule has 2 atom stereocenters. The zero-order chi connectivity index (χ0) is 30.8. The van der Waals surface area contributed by atoms with E-state index in [-0.39, 0.29) is 24.6 Å². The molecule has 10 heteroatoms. The summed E-state index contributed by atoms with van der Waals surface area (Å²) >= 11 is 5.99. The van der Waals surface area contributed by atoms with Crippen molar-refractivity contribution in [1.82, 2.24) is 14.9 Å². The number of aryl methyl sites for hydroxylation is 2. The third-order valence-electron chi connectivity index (χ3n) is 8.41. The number of hydrogen-bond donors (Lipinski definition) is 2. The molecule has 0 spiro atoms. The van der Waals surface area contributed by atoms with Crippen molar-refractivity contribution in [2.45, 2.75) is 32.9 Å². The van der Waals surface area contributed by atoms with Gasteiger partial charge in [0.1, 0.15) is 6.61 Å². The number of morpholine rings is 1. The molecule has 0 radical (unpaired) electrons. The maximum atomic E-state index is 12.2. The average molecular weight is 611 g/mol. The van der Waals surface area contributed by atoms with Crippen LogP contribution < -0.4 is 20.4 Å². The number of nitrogens with zero attached hydrogens (tertiary/aromatic N) is 4. The number of rotatable bonds is 8. The molecule has 0 unspecified atom stereocenters. The number of carbonyl (C=O) groups is 1. The number of benzene rings is 2. The molecule has 0 saturated carbocycles. The Morgan fingerprint density at radius 1 is 1.02 bits per heavy atom. The van der Waals surface area contributed by atoms with Crippen molar-refractivity contribution in [3.05, 3.63) is 101 Å². The molecule has 2 fully saturated rings. The molecule has 1 amide bonds. The summed E-state index contributed by atoms with van der Waals surface area (Å²) < 4.78 is 12.8. The first-order valence-electron chi connectivity index (χ1n) is 14.9. The first-order chi connectivity index (χ1) is 21.4. The van der Waals surface area contributed by atoms with Crippen molar-refractivity contribution >= 4 is 40.3 Å². The Bertz CT molecular complexity index is 1650. The van der Waals surface area contributed by atoms with E-state index in [9.17, 15) is 4.79 Å². The number of nitrogens with one attached hydrogen (secondary N) is 2. The van der Waals surface area contributed by atoms with Gasteiger partial charge in [-0.05, 0) is 105 Å². The van der Waals surface area contributed by atoms with Crippen LogP contribution in [0.1, 0.15) is 40.3 Å². The predicted octanol–water partition coefficient (Wildman–Crippen LogP) is 5.40. The van der Waals surface area contributed by atoms with E-state index in [0.717, 1.165) is 71.6 Å². The fourth-order valence-corrected chi connectivity index (χ4v) is 6.67. The average Bonchev–Trinajstić information content (AvgIpc) is 3.53. The molecule has 4 heterocycles. The summed E-state index contributed by atoms with van der Waals surface area (Å²) in [5.41, 5.74) is 9.30. The molecule has 9 nitrogen and oxygen atoms in total. The Kier molecular flexibility index (Phi) is 8.65. The number of amides is 1. The van der Waals surface area contributed by atoms with Crippen molar-refractivity contribution in [2.24, 2.45) is 0 Å². The molecular formula is C34H38N6O3S. The van der Waals surface area contributed by atoms with Crippen molar-refractivity contribution in [3.63, 3.8) is 0 Å². The quantitative estimate of drug-likeness (QED) is 0.257. The van der Waals surface area contributed by atoms with E-state index >= 15 is 0 Å². The molecule has 44 heavy (non-hydrogen) atoms. The highest BCUT2D eigenvalue weighted by Crippen LogP contribution is 2.44. The number of pyridine rings is 1. The Balaban J connectivity index is 1.38. The number of methoxy groups -OCH3 is 1. The van der Waals surface area contributed by atoms with E-state index < -0.39 is 0 Å². The Hall–Kier alpha value is -4.25. The van der Waals surface area contributed by atoms with Crippen LogP contribution in [0.15, 0.2) is 72.9 Å². The molecule has 228 valence electrons. The van der Waals surface area contributed by atoms with Crippen LogP contribution in [0.2, 0.25) is 0 Å². The van der Waals surface area contributed by atoms with Crippen LogP contribution in [-0.4, -0.2) is 60.6 Å². The fourth-order valence-electron chi connectivity index (χ4n) is 6.32. The summed E-state index contributed by atoms with van der Waals surface area (Å²) in [6.07, 6.45) is 1.82. The molecule has 0 aliphatic carbocycles. The van der Waals surface area contributed by atoms with Crippen LogP contribution in [-0.2, 0) is 14.3 Å². The minimum absolute atomic E-state index is 0.000707. The maximum absolute atomic E-state index is 12.2. The van der Waals surface area contributed by atoms with Crippen LogP contribution in [0.25, 0.3) is 5.69 Å². The Morgan fingerprint density at radius 3 is 2.43 bits per heavy atom. The van der Waals surface area contributed by atoms with E-state index in [2.05, 4.69) is 75.2 Å². The molecular weight excluding hydrogens is 572 g/mol. The van der Waals surface area contributed by atoms with Gasteiger partial charge < -0.3 is 34.5 Å². The van der Waals surface area contributed by atoms with Crippen LogP contribution in [0.3, 0.4) is 0 Å². The number of anilines is 3. The van der Waals surface area contributed by atoms with Crippen LogP contribution in [0.5, 0.6) is 0 Å². The van der Waals surface area contributed by atoms with Gasteiger partial charge in [0.25, 0.3) is 0 Å². The zero-order valence-corrected chi connectivity index (χ0v) is 26.4. The van der Waals surface area contributed by atoms with Crippen LogP contribution >= 0.6 is 12.2 Å². The number of ether oxygens (including phenoxy) is 2. The summed E-state index contributed by atoms with van der Waals surface area (Å²) in [6.45, 7) is 9.64. The highest BCUT2D eigenvalue weighted by atomic mass is 32.1. The molecule has 2 aliphatic heterocycles. The zero-order valence-electron chi connectivity index (χ0n) is 25.5. The second-order valence-corrected chi connectivity index (χ2v) is 11.6. The largest absolute Gasteiger partial charge is 0.378 e. The highest BCUT2D eigenvalue weighted by molar-refractivity contribution is 7.80. The fraction of sp³-hybridized carbons (Fsp3) is 0.324. The third-order valence-corrected chi connectivity index (χ3v) is 8.72. The first-order valence-corrected chi connectivity index (χ1v) is 15.3. The highest BCUT2D eigenvalue weighted by Gasteiger charge is 2.42. The van der Waals surface area contributed by atoms with Gasteiger partial charge >= 0.3 is 0 Å². The standard InChI is InChI=1S/C34H38N6O3S/c1-22-19-27(12-13-29(22)36-31(41)21-42-4)40-33(32(37-34(40)44)30-7-5-6-14-35-30)28-20-23(2)39(24(28)3)26-10-8-25(9-11-26)38-15-17-43-18-16-38/h5-14,19-20,32-33H,15-18,21H2,1-4H3,(H,36,41)(H,37,44)/t32-,33+/m1/s1. The van der Waals surface area contributed by atoms with E-state index in [1.807, 2.05) is 43.5 Å². The van der Waals surface area contributed by atoms with Crippen molar-refractivity contribution < 1.29 is 14.3 Å². The molecule has 4 aromatic rings. The smallest absolute Gasteiger partial charge is 0.250 e. The van der Waals surface area contributed by atoms with Crippen molar-refractivity contribution in [3.8, 4) is 5.69 Å². The normalized spacial score (nSPS) is 18.4. The number of aromatic nitrogens is 2. The van der Waals surface area contributed by atoms with Gasteiger partial charge in [-0.2, -0.15) is 0 Å². The minimum Gasteiger partial charge on any atom is -0.378 e. The van der Waals surface area contributed by atoms with Crippen molar-refractivity contribution in [2.75, 3.05) is 55.1 Å². The SMILES string of the molecule is COCC(=O)Nc1ccc(N2C(=S)N[C@H](c3ccccn3)[C@@H]2c2cc(C)n(-c3ccc(N4CCOCC4)cc3)c2C)cc1C. The monoisotopic (exact) mass is 610 g/mol.